The Bertz CT molecular complexity index is 1080. The molecule has 1 fully saturated rings. The van der Waals surface area contributed by atoms with Gasteiger partial charge in [-0.2, -0.15) is 4.31 Å². The van der Waals surface area contributed by atoms with Crippen LogP contribution in [0.5, 0.6) is 0 Å². The van der Waals surface area contributed by atoms with E-state index in [0.717, 1.165) is 5.56 Å². The molecule has 3 rings (SSSR count). The molecule has 166 valence electrons. The number of carbonyl (C=O) groups excluding carboxylic acids is 1. The highest BCUT2D eigenvalue weighted by Crippen LogP contribution is 2.31. The summed E-state index contributed by atoms with van der Waals surface area (Å²) in [6, 6.07) is 11.0. The van der Waals surface area contributed by atoms with Crippen molar-refractivity contribution in [2.75, 3.05) is 31.1 Å². The van der Waals surface area contributed by atoms with E-state index in [1.165, 1.54) is 10.4 Å². The minimum absolute atomic E-state index is 0.0882. The summed E-state index contributed by atoms with van der Waals surface area (Å²) in [5, 5.41) is 14.4. The molecule has 31 heavy (non-hydrogen) atoms. The molecule has 1 saturated heterocycles. The lowest BCUT2D eigenvalue weighted by molar-refractivity contribution is -0.384. The second-order valence-electron chi connectivity index (χ2n) is 7.79. The molecule has 10 heteroatoms. The number of nitro groups is 1. The van der Waals surface area contributed by atoms with Crippen molar-refractivity contribution in [3.63, 3.8) is 0 Å². The molecule has 0 aromatic heterocycles. The fraction of sp³-hybridized carbons (Fsp3) is 0.381. The molecule has 1 aliphatic rings. The van der Waals surface area contributed by atoms with Crippen LogP contribution >= 0.6 is 0 Å². The summed E-state index contributed by atoms with van der Waals surface area (Å²) in [7, 11) is -3.62. The molecule has 0 aliphatic carbocycles. The normalized spacial score (nSPS) is 15.2. The third-order valence-corrected chi connectivity index (χ3v) is 7.01. The van der Waals surface area contributed by atoms with E-state index in [4.69, 9.17) is 0 Å². The number of nitrogens with zero attached hydrogens (tertiary/aromatic N) is 3. The van der Waals surface area contributed by atoms with E-state index in [-0.39, 0.29) is 41.2 Å². The van der Waals surface area contributed by atoms with Crippen LogP contribution in [0.15, 0.2) is 47.4 Å². The van der Waals surface area contributed by atoms with E-state index in [1.54, 1.807) is 41.3 Å². The highest BCUT2D eigenvalue weighted by molar-refractivity contribution is 7.89. The average Bonchev–Trinajstić information content (AvgIpc) is 2.73. The number of hydrogen-bond donors (Lipinski definition) is 1. The summed E-state index contributed by atoms with van der Waals surface area (Å²) in [6.07, 6.45) is 0. The van der Waals surface area contributed by atoms with Gasteiger partial charge in [0.05, 0.1) is 9.82 Å². The molecule has 0 saturated carbocycles. The monoisotopic (exact) mass is 446 g/mol. The Morgan fingerprint density at radius 1 is 1.06 bits per heavy atom. The maximum Gasteiger partial charge on any atom is 0.293 e. The maximum atomic E-state index is 12.9. The van der Waals surface area contributed by atoms with Crippen molar-refractivity contribution in [3.8, 4) is 0 Å². The molecule has 1 amide bonds. The number of hydrogen-bond acceptors (Lipinski definition) is 6. The number of nitro benzene ring substituents is 1. The van der Waals surface area contributed by atoms with Gasteiger partial charge in [-0.3, -0.25) is 14.9 Å². The SMILES string of the molecule is Cc1ccc(S(=O)(=O)N2CCN(c3ccc(C(=O)NC(C)C)cc3[N+](=O)[O-])CC2)cc1. The van der Waals surface area contributed by atoms with E-state index < -0.39 is 14.9 Å². The highest BCUT2D eigenvalue weighted by atomic mass is 32.2. The van der Waals surface area contributed by atoms with Crippen LogP contribution in [-0.2, 0) is 10.0 Å². The molecule has 0 atom stereocenters. The molecule has 9 nitrogen and oxygen atoms in total. The number of aryl methyl sites for hydroxylation is 1. The van der Waals surface area contributed by atoms with Gasteiger partial charge < -0.3 is 10.2 Å². The van der Waals surface area contributed by atoms with Crippen LogP contribution in [0.2, 0.25) is 0 Å². The first kappa shape index (κ1) is 22.7. The zero-order valence-corrected chi connectivity index (χ0v) is 18.6. The van der Waals surface area contributed by atoms with Crippen LogP contribution in [0, 0.1) is 17.0 Å². The van der Waals surface area contributed by atoms with Gasteiger partial charge >= 0.3 is 0 Å². The first-order chi connectivity index (χ1) is 14.6. The average molecular weight is 447 g/mol. The molecule has 1 aliphatic heterocycles. The van der Waals surface area contributed by atoms with Crippen molar-refractivity contribution in [1.29, 1.82) is 0 Å². The van der Waals surface area contributed by atoms with Gasteiger partial charge in [0.1, 0.15) is 5.69 Å². The van der Waals surface area contributed by atoms with Crippen LogP contribution in [0.1, 0.15) is 29.8 Å². The van der Waals surface area contributed by atoms with Crippen LogP contribution < -0.4 is 10.2 Å². The number of anilines is 1. The standard InChI is InChI=1S/C21H26N4O5S/c1-15(2)22-21(26)17-6-9-19(20(14-17)25(27)28)23-10-12-24(13-11-23)31(29,30)18-7-4-16(3)5-8-18/h4-9,14-15H,10-13H2,1-3H3,(H,22,26). The van der Waals surface area contributed by atoms with Crippen LogP contribution in [0.4, 0.5) is 11.4 Å². The van der Waals surface area contributed by atoms with Gasteiger partial charge in [0.15, 0.2) is 0 Å². The number of piperazine rings is 1. The minimum atomic E-state index is -3.62. The second kappa shape index (κ2) is 9.03. The first-order valence-corrected chi connectivity index (χ1v) is 11.4. The summed E-state index contributed by atoms with van der Waals surface area (Å²) in [5.41, 5.74) is 1.39. The lowest BCUT2D eigenvalue weighted by Crippen LogP contribution is -2.48. The molecular formula is C21H26N4O5S. The predicted molar refractivity (Wildman–Crippen MR) is 118 cm³/mol. The highest BCUT2D eigenvalue weighted by Gasteiger charge is 2.31. The fourth-order valence-corrected chi connectivity index (χ4v) is 4.87. The zero-order valence-electron chi connectivity index (χ0n) is 17.7. The van der Waals surface area contributed by atoms with E-state index in [9.17, 15) is 23.3 Å². The van der Waals surface area contributed by atoms with Crippen molar-refractivity contribution in [3.05, 3.63) is 63.7 Å². The second-order valence-corrected chi connectivity index (χ2v) is 9.73. The Morgan fingerprint density at radius 2 is 1.68 bits per heavy atom. The molecule has 0 radical (unpaired) electrons. The molecule has 0 bridgehead atoms. The number of benzene rings is 2. The van der Waals surface area contributed by atoms with Gasteiger partial charge in [0.2, 0.25) is 10.0 Å². The first-order valence-electron chi connectivity index (χ1n) is 10.0. The Balaban J connectivity index is 1.77. The molecule has 2 aromatic carbocycles. The van der Waals surface area contributed by atoms with Gasteiger partial charge in [0, 0.05) is 43.9 Å². The predicted octanol–water partition coefficient (Wildman–Crippen LogP) is 2.55. The molecule has 1 heterocycles. The fourth-order valence-electron chi connectivity index (χ4n) is 3.45. The third-order valence-electron chi connectivity index (χ3n) is 5.09. The van der Waals surface area contributed by atoms with Gasteiger partial charge in [-0.25, -0.2) is 8.42 Å². The van der Waals surface area contributed by atoms with Crippen LogP contribution in [0.3, 0.4) is 0 Å². The summed E-state index contributed by atoms with van der Waals surface area (Å²) in [6.45, 7) is 6.55. The molecule has 0 unspecified atom stereocenters. The van der Waals surface area contributed by atoms with Crippen molar-refractivity contribution in [2.24, 2.45) is 0 Å². The third kappa shape index (κ3) is 5.02. The Hall–Kier alpha value is -2.98. The molecule has 0 spiro atoms. The lowest BCUT2D eigenvalue weighted by Gasteiger charge is -2.35. The number of rotatable bonds is 6. The topological polar surface area (TPSA) is 113 Å². The Kier molecular flexibility index (Phi) is 6.61. The van der Waals surface area contributed by atoms with Gasteiger partial charge in [-0.1, -0.05) is 17.7 Å². The summed E-state index contributed by atoms with van der Waals surface area (Å²) in [4.78, 5) is 25.3. The Morgan fingerprint density at radius 3 is 2.23 bits per heavy atom. The minimum Gasteiger partial charge on any atom is -0.363 e. The number of carbonyl (C=O) groups is 1. The van der Waals surface area contributed by atoms with E-state index in [2.05, 4.69) is 5.32 Å². The van der Waals surface area contributed by atoms with E-state index in [0.29, 0.717) is 18.8 Å². The number of sulfonamides is 1. The largest absolute Gasteiger partial charge is 0.363 e. The molecular weight excluding hydrogens is 420 g/mol. The summed E-state index contributed by atoms with van der Waals surface area (Å²) in [5.74, 6) is -0.376. The summed E-state index contributed by atoms with van der Waals surface area (Å²) < 4.78 is 27.2. The Labute approximate surface area is 181 Å². The number of nitrogens with one attached hydrogen (secondary N) is 1. The van der Waals surface area contributed by atoms with Crippen molar-refractivity contribution >= 4 is 27.3 Å². The quantitative estimate of drug-likeness (QED) is 0.539. The molecule has 1 N–H and O–H groups in total. The van der Waals surface area contributed by atoms with Crippen LogP contribution in [-0.4, -0.2) is 55.8 Å². The van der Waals surface area contributed by atoms with Crippen molar-refractivity contribution in [1.82, 2.24) is 9.62 Å². The van der Waals surface area contributed by atoms with Gasteiger partial charge in [0.25, 0.3) is 11.6 Å². The smallest absolute Gasteiger partial charge is 0.293 e. The van der Waals surface area contributed by atoms with Crippen molar-refractivity contribution < 1.29 is 18.1 Å². The van der Waals surface area contributed by atoms with E-state index in [1.807, 2.05) is 20.8 Å². The zero-order chi connectivity index (χ0) is 22.8. The number of amides is 1. The maximum absolute atomic E-state index is 12.9. The van der Waals surface area contributed by atoms with Crippen molar-refractivity contribution in [2.45, 2.75) is 31.7 Å². The van der Waals surface area contributed by atoms with Gasteiger partial charge in [-0.05, 0) is 45.0 Å². The van der Waals surface area contributed by atoms with E-state index >= 15 is 0 Å². The lowest BCUT2D eigenvalue weighted by atomic mass is 10.1. The molecule has 2 aromatic rings. The van der Waals surface area contributed by atoms with Gasteiger partial charge in [-0.15, -0.1) is 0 Å². The van der Waals surface area contributed by atoms with Crippen LogP contribution in [0.25, 0.3) is 0 Å². The summed E-state index contributed by atoms with van der Waals surface area (Å²) >= 11 is 0.